The third-order valence-corrected chi connectivity index (χ3v) is 2.91. The van der Waals surface area contributed by atoms with Gasteiger partial charge in [-0.3, -0.25) is 4.79 Å². The Morgan fingerprint density at radius 3 is 2.35 bits per heavy atom. The summed E-state index contributed by atoms with van der Waals surface area (Å²) in [6.07, 6.45) is -4.53. The van der Waals surface area contributed by atoms with Crippen molar-refractivity contribution in [3.63, 3.8) is 0 Å². The molecule has 0 saturated carbocycles. The van der Waals surface area contributed by atoms with Crippen molar-refractivity contribution >= 4 is 11.6 Å². The van der Waals surface area contributed by atoms with Gasteiger partial charge in [0.05, 0.1) is 22.4 Å². The number of amides is 1. The Balaban J connectivity index is 3.10. The van der Waals surface area contributed by atoms with Crippen molar-refractivity contribution in [2.45, 2.75) is 25.6 Å². The van der Waals surface area contributed by atoms with E-state index < -0.39 is 23.2 Å². The van der Waals surface area contributed by atoms with Gasteiger partial charge >= 0.3 is 6.18 Å². The van der Waals surface area contributed by atoms with Gasteiger partial charge in [-0.25, -0.2) is 0 Å². The van der Waals surface area contributed by atoms with E-state index in [2.05, 4.69) is 10.6 Å². The van der Waals surface area contributed by atoms with Gasteiger partial charge in [0.2, 0.25) is 5.91 Å². The number of halogens is 3. The molecule has 7 heteroatoms. The molecule has 0 saturated heterocycles. The predicted molar refractivity (Wildman–Crippen MR) is 67.9 cm³/mol. The van der Waals surface area contributed by atoms with Crippen LogP contribution in [0.4, 0.5) is 18.9 Å². The lowest BCUT2D eigenvalue weighted by Crippen LogP contribution is -2.48. The average molecular weight is 285 g/mol. The van der Waals surface area contributed by atoms with Crippen LogP contribution >= 0.6 is 0 Å². The van der Waals surface area contributed by atoms with Gasteiger partial charge in [-0.05, 0) is 39.1 Å². The quantitative estimate of drug-likeness (QED) is 0.897. The molecule has 0 fully saturated rings. The van der Waals surface area contributed by atoms with Gasteiger partial charge in [0.25, 0.3) is 0 Å². The van der Waals surface area contributed by atoms with Gasteiger partial charge in [-0.1, -0.05) is 0 Å². The van der Waals surface area contributed by atoms with E-state index in [9.17, 15) is 18.0 Å². The second-order valence-electron chi connectivity index (χ2n) is 4.70. The van der Waals surface area contributed by atoms with Crippen LogP contribution in [0.15, 0.2) is 18.2 Å². The zero-order valence-electron chi connectivity index (χ0n) is 11.2. The normalized spacial score (nSPS) is 11.8. The molecule has 0 aromatic heterocycles. The molecule has 1 aromatic carbocycles. The second-order valence-corrected chi connectivity index (χ2v) is 4.70. The van der Waals surface area contributed by atoms with Crippen LogP contribution in [0.2, 0.25) is 0 Å². The summed E-state index contributed by atoms with van der Waals surface area (Å²) in [4.78, 5) is 11.9. The number of hydrogen-bond acceptors (Lipinski definition) is 3. The molecule has 0 aliphatic rings. The number of likely N-dealkylation sites (N-methyl/N-ethyl adjacent to an activating group) is 1. The molecule has 0 unspecified atom stereocenters. The summed E-state index contributed by atoms with van der Waals surface area (Å²) in [6, 6.07) is 4.25. The Morgan fingerprint density at radius 1 is 1.30 bits per heavy atom. The lowest BCUT2D eigenvalue weighted by Gasteiger charge is -2.23. The number of nitrogens with one attached hydrogen (secondary N) is 2. The van der Waals surface area contributed by atoms with E-state index in [-0.39, 0.29) is 11.3 Å². The first-order chi connectivity index (χ1) is 9.11. The number of anilines is 1. The van der Waals surface area contributed by atoms with Gasteiger partial charge in [0.15, 0.2) is 0 Å². The summed E-state index contributed by atoms with van der Waals surface area (Å²) in [5.41, 5.74) is -2.02. The molecule has 0 aliphatic carbocycles. The van der Waals surface area contributed by atoms with Crippen LogP contribution in [0.3, 0.4) is 0 Å². The van der Waals surface area contributed by atoms with Crippen LogP contribution in [0.25, 0.3) is 0 Å². The number of alkyl halides is 3. The molecule has 2 N–H and O–H groups in total. The van der Waals surface area contributed by atoms with Crippen LogP contribution in [0.1, 0.15) is 25.0 Å². The van der Waals surface area contributed by atoms with Crippen molar-refractivity contribution in [3.8, 4) is 6.07 Å². The van der Waals surface area contributed by atoms with Crippen molar-refractivity contribution in [2.75, 3.05) is 12.4 Å². The first-order valence-corrected chi connectivity index (χ1v) is 5.73. The fraction of sp³-hybridized carbons (Fsp3) is 0.385. The minimum absolute atomic E-state index is 0.0498. The molecule has 0 aliphatic heterocycles. The minimum Gasteiger partial charge on any atom is -0.323 e. The van der Waals surface area contributed by atoms with E-state index in [1.807, 2.05) is 0 Å². The molecular weight excluding hydrogens is 271 g/mol. The van der Waals surface area contributed by atoms with Gasteiger partial charge in [-0.15, -0.1) is 0 Å². The SMILES string of the molecule is CNC(C)(C)C(=O)Nc1ccc(C(F)(F)F)cc1C#N. The van der Waals surface area contributed by atoms with Crippen LogP contribution in [-0.2, 0) is 11.0 Å². The largest absolute Gasteiger partial charge is 0.416 e. The van der Waals surface area contributed by atoms with Crippen molar-refractivity contribution < 1.29 is 18.0 Å². The van der Waals surface area contributed by atoms with Crippen LogP contribution in [0, 0.1) is 11.3 Å². The summed E-state index contributed by atoms with van der Waals surface area (Å²) in [6.45, 7) is 3.22. The third kappa shape index (κ3) is 3.48. The molecule has 0 atom stereocenters. The molecule has 0 heterocycles. The molecule has 1 aromatic rings. The fourth-order valence-corrected chi connectivity index (χ4v) is 1.31. The van der Waals surface area contributed by atoms with E-state index in [1.54, 1.807) is 27.0 Å². The summed E-state index contributed by atoms with van der Waals surface area (Å²) in [5, 5.41) is 14.1. The summed E-state index contributed by atoms with van der Waals surface area (Å²) in [5.74, 6) is -0.448. The summed E-state index contributed by atoms with van der Waals surface area (Å²) >= 11 is 0. The molecule has 1 amide bonds. The number of carbonyl (C=O) groups excluding carboxylic acids is 1. The Kier molecular flexibility index (Phi) is 4.40. The highest BCUT2D eigenvalue weighted by Gasteiger charge is 2.32. The minimum atomic E-state index is -4.53. The zero-order valence-corrected chi connectivity index (χ0v) is 11.2. The number of nitrogens with zero attached hydrogens (tertiary/aromatic N) is 1. The van der Waals surface area contributed by atoms with E-state index in [0.29, 0.717) is 6.07 Å². The summed E-state index contributed by atoms with van der Waals surface area (Å²) in [7, 11) is 1.58. The topological polar surface area (TPSA) is 64.9 Å². The van der Waals surface area contributed by atoms with Gasteiger partial charge < -0.3 is 10.6 Å². The number of nitriles is 1. The molecule has 0 bridgehead atoms. The zero-order chi connectivity index (χ0) is 15.6. The first-order valence-electron chi connectivity index (χ1n) is 5.73. The standard InChI is InChI=1S/C13H14F3N3O/c1-12(2,18-3)11(20)19-10-5-4-9(13(14,15)16)6-8(10)7-17/h4-6,18H,1-3H3,(H,19,20). The lowest BCUT2D eigenvalue weighted by molar-refractivity contribution is -0.137. The van der Waals surface area contributed by atoms with Crippen molar-refractivity contribution in [1.82, 2.24) is 5.32 Å². The molecule has 4 nitrogen and oxygen atoms in total. The summed E-state index contributed by atoms with van der Waals surface area (Å²) < 4.78 is 37.6. The van der Waals surface area contributed by atoms with Crippen LogP contribution < -0.4 is 10.6 Å². The van der Waals surface area contributed by atoms with Crippen LogP contribution in [-0.4, -0.2) is 18.5 Å². The van der Waals surface area contributed by atoms with E-state index in [0.717, 1.165) is 12.1 Å². The van der Waals surface area contributed by atoms with E-state index in [1.165, 1.54) is 0 Å². The highest BCUT2D eigenvalue weighted by atomic mass is 19.4. The molecule has 20 heavy (non-hydrogen) atoms. The highest BCUT2D eigenvalue weighted by Crippen LogP contribution is 2.31. The van der Waals surface area contributed by atoms with Gasteiger partial charge in [-0.2, -0.15) is 18.4 Å². The van der Waals surface area contributed by atoms with E-state index in [4.69, 9.17) is 5.26 Å². The highest BCUT2D eigenvalue weighted by molar-refractivity contribution is 5.98. The Labute approximate surface area is 114 Å². The fourth-order valence-electron chi connectivity index (χ4n) is 1.31. The van der Waals surface area contributed by atoms with Crippen molar-refractivity contribution in [3.05, 3.63) is 29.3 Å². The number of hydrogen-bond donors (Lipinski definition) is 2. The molecule has 108 valence electrons. The maximum absolute atomic E-state index is 12.5. The first kappa shape index (κ1) is 16.0. The predicted octanol–water partition coefficient (Wildman–Crippen LogP) is 2.51. The molecule has 0 radical (unpaired) electrons. The second kappa shape index (κ2) is 5.51. The number of carbonyl (C=O) groups is 1. The van der Waals surface area contributed by atoms with Gasteiger partial charge in [0, 0.05) is 0 Å². The average Bonchev–Trinajstić information content (AvgIpc) is 2.37. The molecule has 1 rings (SSSR count). The maximum atomic E-state index is 12.5. The van der Waals surface area contributed by atoms with Crippen molar-refractivity contribution in [1.29, 1.82) is 5.26 Å². The van der Waals surface area contributed by atoms with Crippen LogP contribution in [0.5, 0.6) is 0 Å². The van der Waals surface area contributed by atoms with Gasteiger partial charge in [0.1, 0.15) is 6.07 Å². The number of benzene rings is 1. The Hall–Kier alpha value is -2.07. The number of rotatable bonds is 3. The Morgan fingerprint density at radius 2 is 1.90 bits per heavy atom. The van der Waals surface area contributed by atoms with Crippen molar-refractivity contribution in [2.24, 2.45) is 0 Å². The van der Waals surface area contributed by atoms with E-state index >= 15 is 0 Å². The Bertz CT molecular complexity index is 559. The maximum Gasteiger partial charge on any atom is 0.416 e. The third-order valence-electron chi connectivity index (χ3n) is 2.91. The molecular formula is C13H14F3N3O. The smallest absolute Gasteiger partial charge is 0.323 e. The molecule has 0 spiro atoms. The monoisotopic (exact) mass is 285 g/mol. The lowest BCUT2D eigenvalue weighted by atomic mass is 10.0.